The summed E-state index contributed by atoms with van der Waals surface area (Å²) in [4.78, 5) is 80.0. The lowest BCUT2D eigenvalue weighted by molar-refractivity contribution is -0.179. The number of esters is 1. The third-order valence-electron chi connectivity index (χ3n) is 15.1. The first kappa shape index (κ1) is 46.8. The number of hydrogen-bond donors (Lipinski definition) is 2. The highest BCUT2D eigenvalue weighted by molar-refractivity contribution is 6.24. The Morgan fingerprint density at radius 1 is 0.760 bits per heavy atom. The van der Waals surface area contributed by atoms with Crippen LogP contribution in [0.25, 0.3) is 11.0 Å². The molecule has 4 amide bonds. The van der Waals surface area contributed by atoms with Crippen LogP contribution in [0.15, 0.2) is 176 Å². The van der Waals surface area contributed by atoms with Crippen LogP contribution in [0.2, 0.25) is 0 Å². The second-order valence-corrected chi connectivity index (χ2v) is 19.2. The number of amides is 4. The average Bonchev–Trinajstić information content (AvgIpc) is 4.27. The van der Waals surface area contributed by atoms with E-state index in [1.807, 2.05) is 132 Å². The number of carbonyl (C=O) groups excluding carboxylic acids is 4. The van der Waals surface area contributed by atoms with Gasteiger partial charge in [0.15, 0.2) is 0 Å². The number of nitrogens with zero attached hydrogens (tertiary/aromatic N) is 9. The summed E-state index contributed by atoms with van der Waals surface area (Å²) < 4.78 is 8.39. The standard InChI is InChI=1S/C59H50N10O6/c1-38(40-16-5-2-6-17-40)62-58(74)68-47-29-24-39(15-13-32-67-48-23-12-11-22-46(48)63-64-67)37-45(47)59(56(68)73)49(54(71)65-33-35-66(36-34-65)57-60-30-14-31-61-57)51-55(72)75-52(42-20-9-4-10-21-42)50(41-18-7-3-8-19-41)69(51)53(59)43-25-27-44(70)28-26-43/h2-12,14,16-31,37-38,49-53,70H,32-36H2,1H3,(H,62,74). The van der Waals surface area contributed by atoms with Crippen LogP contribution in [-0.2, 0) is 31.1 Å². The Balaban J connectivity index is 1.08. The Hall–Kier alpha value is -9.20. The van der Waals surface area contributed by atoms with Gasteiger partial charge in [-0.05, 0) is 83.3 Å². The number of nitrogens with one attached hydrogen (secondary N) is 1. The summed E-state index contributed by atoms with van der Waals surface area (Å²) in [5.74, 6) is 3.70. The summed E-state index contributed by atoms with van der Waals surface area (Å²) in [5.41, 5.74) is 3.40. The minimum absolute atomic E-state index is 0.0261. The van der Waals surface area contributed by atoms with Crippen LogP contribution in [-0.4, -0.2) is 95.9 Å². The van der Waals surface area contributed by atoms with E-state index in [-0.39, 0.29) is 31.1 Å². The molecule has 4 aliphatic heterocycles. The average molecular weight is 995 g/mol. The van der Waals surface area contributed by atoms with Gasteiger partial charge in [0.1, 0.15) is 35.4 Å². The number of para-hydroxylation sites is 1. The topological polar surface area (TPSA) is 179 Å². The highest BCUT2D eigenvalue weighted by Crippen LogP contribution is 2.66. The fraction of sp³-hybridized carbons (Fsp3) is 0.220. The molecular formula is C59H50N10O6. The van der Waals surface area contributed by atoms with Gasteiger partial charge in [0, 0.05) is 44.1 Å². The fourth-order valence-corrected chi connectivity index (χ4v) is 11.7. The summed E-state index contributed by atoms with van der Waals surface area (Å²) in [5, 5.41) is 22.6. The zero-order chi connectivity index (χ0) is 51.2. The van der Waals surface area contributed by atoms with E-state index in [1.54, 1.807) is 58.4 Å². The molecule has 372 valence electrons. The van der Waals surface area contributed by atoms with Crippen molar-refractivity contribution in [3.63, 3.8) is 0 Å². The van der Waals surface area contributed by atoms with Gasteiger partial charge in [0.05, 0.1) is 35.2 Å². The second-order valence-electron chi connectivity index (χ2n) is 19.2. The van der Waals surface area contributed by atoms with Crippen molar-refractivity contribution in [2.24, 2.45) is 5.92 Å². The predicted octanol–water partition coefficient (Wildman–Crippen LogP) is 7.46. The molecule has 2 aromatic heterocycles. The number of rotatable bonds is 8. The van der Waals surface area contributed by atoms with E-state index in [2.05, 4.69) is 37.4 Å². The molecule has 12 rings (SSSR count). The molecule has 16 heteroatoms. The molecule has 0 aliphatic carbocycles. The molecule has 2 N–H and O–H groups in total. The van der Waals surface area contributed by atoms with Gasteiger partial charge in [0.2, 0.25) is 17.8 Å². The first-order chi connectivity index (χ1) is 36.7. The molecule has 16 nitrogen and oxygen atoms in total. The number of benzene rings is 6. The summed E-state index contributed by atoms with van der Waals surface area (Å²) >= 11 is 0. The highest BCUT2D eigenvalue weighted by Gasteiger charge is 2.76. The third kappa shape index (κ3) is 8.08. The lowest BCUT2D eigenvalue weighted by Gasteiger charge is -2.46. The summed E-state index contributed by atoms with van der Waals surface area (Å²) in [6.07, 6.45) is 2.42. The molecule has 75 heavy (non-hydrogen) atoms. The molecule has 7 unspecified atom stereocenters. The first-order valence-electron chi connectivity index (χ1n) is 25.0. The molecule has 0 saturated carbocycles. The number of phenols is 1. The summed E-state index contributed by atoms with van der Waals surface area (Å²) in [6, 6.07) is 45.1. The molecule has 3 fully saturated rings. The number of fused-ring (bicyclic) bond motifs is 4. The number of morpholine rings is 1. The van der Waals surface area contributed by atoms with Crippen molar-refractivity contribution in [2.45, 2.75) is 49.2 Å². The van der Waals surface area contributed by atoms with E-state index in [0.717, 1.165) is 27.1 Å². The SMILES string of the molecule is CC(NC(=O)N1C(=O)C2(c3cc(C#CCn4nnc5ccccc54)ccc31)C(C(=O)N1CCN(c3ncccn3)CC1)C1C(=O)OC(c3ccccc3)C(c3ccccc3)N1C2c1ccc(O)cc1)c1ccccc1. The molecule has 0 radical (unpaired) electrons. The monoisotopic (exact) mass is 994 g/mol. The lowest BCUT2D eigenvalue weighted by Crippen LogP contribution is -2.59. The number of piperazine rings is 1. The molecule has 6 heterocycles. The Kier molecular flexibility index (Phi) is 12.1. The van der Waals surface area contributed by atoms with Crippen molar-refractivity contribution in [2.75, 3.05) is 36.0 Å². The summed E-state index contributed by atoms with van der Waals surface area (Å²) in [6.45, 7) is 3.20. The molecule has 7 atom stereocenters. The first-order valence-corrected chi connectivity index (χ1v) is 25.0. The van der Waals surface area contributed by atoms with Crippen molar-refractivity contribution in [1.29, 1.82) is 0 Å². The smallest absolute Gasteiger partial charge is 0.329 e. The Morgan fingerprint density at radius 2 is 1.43 bits per heavy atom. The van der Waals surface area contributed by atoms with Crippen molar-refractivity contribution in [3.8, 4) is 17.6 Å². The Bertz CT molecular complexity index is 3510. The van der Waals surface area contributed by atoms with E-state index < -0.39 is 65.4 Å². The van der Waals surface area contributed by atoms with E-state index in [0.29, 0.717) is 41.3 Å². The number of carbonyl (C=O) groups is 4. The largest absolute Gasteiger partial charge is 0.508 e. The zero-order valence-corrected chi connectivity index (χ0v) is 40.8. The van der Waals surface area contributed by atoms with Crippen LogP contribution < -0.4 is 15.1 Å². The quantitative estimate of drug-likeness (QED) is 0.114. The number of ether oxygens (including phenoxy) is 1. The number of imide groups is 1. The summed E-state index contributed by atoms with van der Waals surface area (Å²) in [7, 11) is 0. The molecule has 6 aromatic carbocycles. The number of hydrogen-bond acceptors (Lipinski definition) is 12. The Morgan fingerprint density at radius 3 is 2.15 bits per heavy atom. The van der Waals surface area contributed by atoms with E-state index in [4.69, 9.17) is 4.74 Å². The molecule has 1 spiro atoms. The maximum absolute atomic E-state index is 16.9. The molecule has 0 bridgehead atoms. The van der Waals surface area contributed by atoms with Crippen molar-refractivity contribution in [3.05, 3.63) is 210 Å². The number of phenolic OH excluding ortho intramolecular Hbond substituents is 1. The maximum Gasteiger partial charge on any atom is 0.329 e. The van der Waals surface area contributed by atoms with E-state index in [9.17, 15) is 5.11 Å². The number of aromatic nitrogens is 5. The number of aromatic hydroxyl groups is 1. The second kappa shape index (κ2) is 19.3. The molecular weight excluding hydrogens is 945 g/mol. The number of cyclic esters (lactones) is 1. The third-order valence-corrected chi connectivity index (χ3v) is 15.1. The van der Waals surface area contributed by atoms with Crippen molar-refractivity contribution < 1.29 is 29.0 Å². The molecule has 8 aromatic rings. The van der Waals surface area contributed by atoms with Gasteiger partial charge >= 0.3 is 12.0 Å². The normalized spacial score (nSPS) is 22.5. The number of anilines is 2. The van der Waals surface area contributed by atoms with Gasteiger partial charge in [-0.15, -0.1) is 5.10 Å². The van der Waals surface area contributed by atoms with Gasteiger partial charge in [-0.1, -0.05) is 132 Å². The molecule has 4 aliphatic rings. The minimum Gasteiger partial charge on any atom is -0.508 e. The maximum atomic E-state index is 16.9. The minimum atomic E-state index is -2.02. The Labute approximate surface area is 432 Å². The zero-order valence-electron chi connectivity index (χ0n) is 40.8. The fourth-order valence-electron chi connectivity index (χ4n) is 11.7. The van der Waals surface area contributed by atoms with Crippen LogP contribution in [0, 0.1) is 17.8 Å². The van der Waals surface area contributed by atoms with Crippen molar-refractivity contribution >= 4 is 46.5 Å². The lowest BCUT2D eigenvalue weighted by atomic mass is 9.64. The predicted molar refractivity (Wildman–Crippen MR) is 279 cm³/mol. The van der Waals surface area contributed by atoms with Gasteiger partial charge < -0.3 is 25.0 Å². The number of urea groups is 1. The van der Waals surface area contributed by atoms with Crippen LogP contribution in [0.5, 0.6) is 5.75 Å². The van der Waals surface area contributed by atoms with Crippen LogP contribution in [0.1, 0.15) is 64.5 Å². The van der Waals surface area contributed by atoms with Gasteiger partial charge in [-0.25, -0.2) is 24.3 Å². The van der Waals surface area contributed by atoms with Gasteiger partial charge in [0.25, 0.3) is 0 Å². The van der Waals surface area contributed by atoms with Gasteiger partial charge in [-0.2, -0.15) is 0 Å². The van der Waals surface area contributed by atoms with E-state index in [1.165, 1.54) is 12.1 Å². The van der Waals surface area contributed by atoms with E-state index >= 15 is 19.2 Å². The highest BCUT2D eigenvalue weighted by atomic mass is 16.6. The van der Waals surface area contributed by atoms with Crippen LogP contribution >= 0.6 is 0 Å². The van der Waals surface area contributed by atoms with Crippen LogP contribution in [0.4, 0.5) is 16.4 Å². The molecule has 3 saturated heterocycles. The van der Waals surface area contributed by atoms with Crippen LogP contribution in [0.3, 0.4) is 0 Å². The van der Waals surface area contributed by atoms with Gasteiger partial charge in [-0.3, -0.25) is 19.3 Å². The van der Waals surface area contributed by atoms with Crippen molar-refractivity contribution in [1.82, 2.24) is 40.1 Å².